The van der Waals surface area contributed by atoms with Crippen molar-refractivity contribution in [1.29, 1.82) is 0 Å². The quantitative estimate of drug-likeness (QED) is 0.277. The van der Waals surface area contributed by atoms with Gasteiger partial charge in [-0.05, 0) is 56.0 Å². The van der Waals surface area contributed by atoms with E-state index >= 15 is 0 Å². The van der Waals surface area contributed by atoms with Crippen molar-refractivity contribution >= 4 is 56.1 Å². The molecule has 2 amide bonds. The smallest absolute Gasteiger partial charge is 0.407 e. The number of amides is 2. The number of rotatable bonds is 6. The highest BCUT2D eigenvalue weighted by molar-refractivity contribution is 7.99. The third-order valence-corrected chi connectivity index (χ3v) is 9.21. The minimum absolute atomic E-state index is 0.0688. The molecule has 0 unspecified atom stereocenters. The van der Waals surface area contributed by atoms with Crippen LogP contribution in [0.3, 0.4) is 0 Å². The summed E-state index contributed by atoms with van der Waals surface area (Å²) in [4.78, 5) is 35.0. The standard InChI is InChI=1S/C27H25N7O3S2/c35-25(16-1-2-16)31-26-30-21-5-4-20(11-22(21)39-26)38-24-13-28-23-6-3-17(14-33(23)24)18-12-29-34(15-18)19-7-9-32(10-8-19)27(36)37/h3-6,11-16,19H,1-2,7-10H2,(H,36,37)(H,30,31,35). The second kappa shape index (κ2) is 9.69. The van der Waals surface area contributed by atoms with Gasteiger partial charge in [0.05, 0.1) is 28.7 Å². The largest absolute Gasteiger partial charge is 0.465 e. The van der Waals surface area contributed by atoms with E-state index in [1.54, 1.807) is 11.8 Å². The molecule has 0 atom stereocenters. The van der Waals surface area contributed by atoms with Crippen LogP contribution < -0.4 is 5.32 Å². The number of carbonyl (C=O) groups is 2. The molecule has 0 bridgehead atoms. The normalized spacial score (nSPS) is 16.3. The molecule has 39 heavy (non-hydrogen) atoms. The highest BCUT2D eigenvalue weighted by atomic mass is 32.2. The average molecular weight is 560 g/mol. The van der Waals surface area contributed by atoms with Crippen LogP contribution in [-0.2, 0) is 4.79 Å². The lowest BCUT2D eigenvalue weighted by Gasteiger charge is -2.30. The van der Waals surface area contributed by atoms with Crippen molar-refractivity contribution in [3.05, 3.63) is 55.1 Å². The third kappa shape index (κ3) is 4.85. The minimum Gasteiger partial charge on any atom is -0.465 e. The number of benzene rings is 1. The van der Waals surface area contributed by atoms with Gasteiger partial charge in [-0.15, -0.1) is 0 Å². The summed E-state index contributed by atoms with van der Waals surface area (Å²) in [6.45, 7) is 1.06. The van der Waals surface area contributed by atoms with E-state index in [1.807, 2.05) is 47.5 Å². The van der Waals surface area contributed by atoms with Crippen molar-refractivity contribution in [3.8, 4) is 11.1 Å². The number of hydrogen-bond donors (Lipinski definition) is 2. The number of nitrogens with zero attached hydrogens (tertiary/aromatic N) is 6. The molecular formula is C27H25N7O3S2. The number of carboxylic acid groups (broad SMARTS) is 1. The minimum atomic E-state index is -0.856. The molecule has 1 saturated carbocycles. The molecule has 2 N–H and O–H groups in total. The van der Waals surface area contributed by atoms with E-state index < -0.39 is 6.09 Å². The second-order valence-corrected chi connectivity index (χ2v) is 12.1. The van der Waals surface area contributed by atoms with Gasteiger partial charge in [0.15, 0.2) is 5.13 Å². The Balaban J connectivity index is 1.10. The van der Waals surface area contributed by atoms with E-state index in [0.717, 1.165) is 62.6 Å². The van der Waals surface area contributed by atoms with E-state index in [9.17, 15) is 14.7 Å². The maximum Gasteiger partial charge on any atom is 0.407 e. The summed E-state index contributed by atoms with van der Waals surface area (Å²) in [6, 6.07) is 10.4. The van der Waals surface area contributed by atoms with Gasteiger partial charge in [-0.25, -0.2) is 14.8 Å². The molecule has 1 aromatic carbocycles. The molecule has 1 aliphatic heterocycles. The molecule has 7 rings (SSSR count). The Kier molecular flexibility index (Phi) is 6.00. The number of thiazole rings is 1. The maximum atomic E-state index is 12.1. The number of aromatic nitrogens is 5. The SMILES string of the molecule is O=C(Nc1nc2ccc(Sc3cnc4ccc(-c5cnn(C6CCN(C(=O)O)CC6)c5)cn34)cc2s1)C1CC1. The predicted octanol–water partition coefficient (Wildman–Crippen LogP) is 5.62. The number of pyridine rings is 1. The molecule has 1 aliphatic carbocycles. The molecule has 5 aromatic rings. The van der Waals surface area contributed by atoms with Crippen molar-refractivity contribution < 1.29 is 14.7 Å². The summed E-state index contributed by atoms with van der Waals surface area (Å²) in [5.74, 6) is 0.217. The van der Waals surface area contributed by atoms with Crippen molar-refractivity contribution in [2.24, 2.45) is 5.92 Å². The van der Waals surface area contributed by atoms with Crippen LogP contribution in [0.2, 0.25) is 0 Å². The van der Waals surface area contributed by atoms with Crippen molar-refractivity contribution in [1.82, 2.24) is 29.0 Å². The zero-order chi connectivity index (χ0) is 26.5. The highest BCUT2D eigenvalue weighted by Crippen LogP contribution is 2.36. The van der Waals surface area contributed by atoms with E-state index in [2.05, 4.69) is 37.0 Å². The summed E-state index contributed by atoms with van der Waals surface area (Å²) in [7, 11) is 0. The van der Waals surface area contributed by atoms with Crippen LogP contribution in [0.25, 0.3) is 27.0 Å². The zero-order valence-corrected chi connectivity index (χ0v) is 22.5. The third-order valence-electron chi connectivity index (χ3n) is 7.28. The monoisotopic (exact) mass is 559 g/mol. The Morgan fingerprint density at radius 1 is 1.03 bits per heavy atom. The number of anilines is 1. The van der Waals surface area contributed by atoms with Crippen LogP contribution in [0, 0.1) is 5.92 Å². The molecule has 4 aromatic heterocycles. The summed E-state index contributed by atoms with van der Waals surface area (Å²) >= 11 is 3.13. The van der Waals surface area contributed by atoms with Gasteiger partial charge in [0.1, 0.15) is 10.7 Å². The lowest BCUT2D eigenvalue weighted by Crippen LogP contribution is -2.38. The zero-order valence-electron chi connectivity index (χ0n) is 20.9. The Bertz CT molecular complexity index is 1710. The number of nitrogens with one attached hydrogen (secondary N) is 1. The first-order valence-electron chi connectivity index (χ1n) is 12.9. The van der Waals surface area contributed by atoms with Crippen LogP contribution in [0.4, 0.5) is 9.93 Å². The molecule has 198 valence electrons. The van der Waals surface area contributed by atoms with Crippen LogP contribution >= 0.6 is 23.1 Å². The number of likely N-dealkylation sites (tertiary alicyclic amines) is 1. The molecule has 10 nitrogen and oxygen atoms in total. The molecule has 0 radical (unpaired) electrons. The van der Waals surface area contributed by atoms with Gasteiger partial charge in [0, 0.05) is 47.4 Å². The topological polar surface area (TPSA) is 118 Å². The fraction of sp³-hybridized carbons (Fsp3) is 0.296. The maximum absolute atomic E-state index is 12.1. The number of hydrogen-bond acceptors (Lipinski definition) is 7. The van der Waals surface area contributed by atoms with E-state index in [-0.39, 0.29) is 17.9 Å². The van der Waals surface area contributed by atoms with Gasteiger partial charge in [0.25, 0.3) is 0 Å². The van der Waals surface area contributed by atoms with E-state index in [4.69, 9.17) is 0 Å². The first-order chi connectivity index (χ1) is 19.0. The number of imidazole rings is 1. The first-order valence-corrected chi connectivity index (χ1v) is 14.5. The molecule has 12 heteroatoms. The Morgan fingerprint density at radius 3 is 2.67 bits per heavy atom. The van der Waals surface area contributed by atoms with Crippen LogP contribution in [0.1, 0.15) is 31.7 Å². The molecule has 5 heterocycles. The van der Waals surface area contributed by atoms with Crippen molar-refractivity contribution in [2.45, 2.75) is 41.6 Å². The van der Waals surface area contributed by atoms with Gasteiger partial charge in [-0.3, -0.25) is 13.9 Å². The molecule has 0 spiro atoms. The molecule has 2 aliphatic rings. The summed E-state index contributed by atoms with van der Waals surface area (Å²) in [5, 5.41) is 18.4. The van der Waals surface area contributed by atoms with Crippen molar-refractivity contribution in [2.75, 3.05) is 18.4 Å². The predicted molar refractivity (Wildman–Crippen MR) is 149 cm³/mol. The second-order valence-electron chi connectivity index (χ2n) is 9.97. The van der Waals surface area contributed by atoms with Crippen LogP contribution in [0.5, 0.6) is 0 Å². The molecule has 2 fully saturated rings. The molecular weight excluding hydrogens is 534 g/mol. The lowest BCUT2D eigenvalue weighted by atomic mass is 10.1. The van der Waals surface area contributed by atoms with Crippen molar-refractivity contribution in [3.63, 3.8) is 0 Å². The first kappa shape index (κ1) is 24.2. The van der Waals surface area contributed by atoms with E-state index in [0.29, 0.717) is 18.2 Å². The van der Waals surface area contributed by atoms with Crippen LogP contribution in [-0.4, -0.2) is 59.2 Å². The Morgan fingerprint density at radius 2 is 1.87 bits per heavy atom. The van der Waals surface area contributed by atoms with Gasteiger partial charge in [-0.2, -0.15) is 5.10 Å². The number of piperidine rings is 1. The van der Waals surface area contributed by atoms with Gasteiger partial charge in [-0.1, -0.05) is 23.1 Å². The highest BCUT2D eigenvalue weighted by Gasteiger charge is 2.30. The summed E-state index contributed by atoms with van der Waals surface area (Å²) in [6.07, 6.45) is 10.5. The fourth-order valence-electron chi connectivity index (χ4n) is 4.91. The van der Waals surface area contributed by atoms with Gasteiger partial charge >= 0.3 is 6.09 Å². The number of fused-ring (bicyclic) bond motifs is 2. The summed E-state index contributed by atoms with van der Waals surface area (Å²) in [5.41, 5.74) is 3.78. The molecule has 1 saturated heterocycles. The van der Waals surface area contributed by atoms with Gasteiger partial charge < -0.3 is 15.3 Å². The Hall–Kier alpha value is -3.90. The van der Waals surface area contributed by atoms with Crippen LogP contribution in [0.15, 0.2) is 65.0 Å². The summed E-state index contributed by atoms with van der Waals surface area (Å²) < 4.78 is 5.08. The Labute approximate surface area is 231 Å². The fourth-order valence-corrected chi connectivity index (χ4v) is 6.80. The van der Waals surface area contributed by atoms with Gasteiger partial charge in [0.2, 0.25) is 5.91 Å². The number of carbonyl (C=O) groups excluding carboxylic acids is 1. The lowest BCUT2D eigenvalue weighted by molar-refractivity contribution is -0.117. The van der Waals surface area contributed by atoms with E-state index in [1.165, 1.54) is 16.2 Å². The average Bonchev–Trinajstić information content (AvgIpc) is 3.35.